The van der Waals surface area contributed by atoms with Gasteiger partial charge in [-0.25, -0.2) is 0 Å². The normalized spacial score (nSPS) is 16.1. The molecule has 3 aromatic rings. The number of carbonyl (C=O) groups is 1. The summed E-state index contributed by atoms with van der Waals surface area (Å²) in [6.07, 6.45) is 3.47. The molecular formula is C18H14N2O2. The quantitative estimate of drug-likeness (QED) is 0.787. The Hall–Kier alpha value is -2.88. The van der Waals surface area contributed by atoms with Crippen LogP contribution in [0.15, 0.2) is 60.9 Å². The first-order chi connectivity index (χ1) is 10.8. The van der Waals surface area contributed by atoms with Crippen LogP contribution in [0.4, 0.5) is 5.69 Å². The second-order valence-corrected chi connectivity index (χ2v) is 5.30. The molecule has 108 valence electrons. The van der Waals surface area contributed by atoms with Crippen molar-refractivity contribution in [1.82, 2.24) is 4.98 Å². The van der Waals surface area contributed by atoms with E-state index in [9.17, 15) is 4.79 Å². The van der Waals surface area contributed by atoms with Crippen LogP contribution in [0.2, 0.25) is 0 Å². The minimum absolute atomic E-state index is 0.0666. The molecule has 0 saturated carbocycles. The van der Waals surface area contributed by atoms with Gasteiger partial charge in [0.25, 0.3) is 0 Å². The molecule has 0 saturated heterocycles. The summed E-state index contributed by atoms with van der Waals surface area (Å²) in [5.41, 5.74) is 1.67. The van der Waals surface area contributed by atoms with Gasteiger partial charge in [0.15, 0.2) is 0 Å². The van der Waals surface area contributed by atoms with Crippen molar-refractivity contribution in [2.24, 2.45) is 0 Å². The van der Waals surface area contributed by atoms with Gasteiger partial charge in [0.05, 0.1) is 11.9 Å². The molecule has 1 N–H and O–H groups in total. The molecular weight excluding hydrogens is 276 g/mol. The number of hydrogen-bond acceptors (Lipinski definition) is 3. The average molecular weight is 290 g/mol. The zero-order valence-corrected chi connectivity index (χ0v) is 11.8. The summed E-state index contributed by atoms with van der Waals surface area (Å²) >= 11 is 0. The smallest absolute Gasteiger partial charge is 0.235 e. The topological polar surface area (TPSA) is 51.2 Å². The number of aromatic nitrogens is 1. The summed E-state index contributed by atoms with van der Waals surface area (Å²) in [4.78, 5) is 16.8. The number of amides is 1. The number of hydrogen-bond donors (Lipinski definition) is 1. The van der Waals surface area contributed by atoms with Crippen LogP contribution in [-0.4, -0.2) is 17.5 Å². The summed E-state index contributed by atoms with van der Waals surface area (Å²) in [6, 6.07) is 15.5. The zero-order valence-electron chi connectivity index (χ0n) is 11.8. The highest BCUT2D eigenvalue weighted by Crippen LogP contribution is 2.34. The number of para-hydroxylation sites is 1. The van der Waals surface area contributed by atoms with E-state index in [0.29, 0.717) is 6.61 Å². The van der Waals surface area contributed by atoms with Gasteiger partial charge in [-0.05, 0) is 6.07 Å². The third kappa shape index (κ3) is 2.09. The fourth-order valence-electron chi connectivity index (χ4n) is 2.82. The number of rotatable bonds is 2. The van der Waals surface area contributed by atoms with E-state index < -0.39 is 0 Å². The Morgan fingerprint density at radius 2 is 1.91 bits per heavy atom. The Balaban J connectivity index is 1.65. The summed E-state index contributed by atoms with van der Waals surface area (Å²) in [5, 5.41) is 4.97. The summed E-state index contributed by atoms with van der Waals surface area (Å²) in [7, 11) is 0. The molecule has 0 bridgehead atoms. The molecule has 1 aliphatic rings. The lowest BCUT2D eigenvalue weighted by Crippen LogP contribution is -2.22. The van der Waals surface area contributed by atoms with E-state index in [-0.39, 0.29) is 11.8 Å². The number of nitrogens with one attached hydrogen (secondary N) is 1. The van der Waals surface area contributed by atoms with Crippen LogP contribution in [0.25, 0.3) is 10.8 Å². The second kappa shape index (κ2) is 5.15. The van der Waals surface area contributed by atoms with Crippen LogP contribution in [0.3, 0.4) is 0 Å². The minimum atomic E-state index is -0.282. The highest BCUT2D eigenvalue weighted by Gasteiger charge is 2.30. The third-order valence-corrected chi connectivity index (χ3v) is 3.94. The van der Waals surface area contributed by atoms with Gasteiger partial charge in [0.2, 0.25) is 5.91 Å². The van der Waals surface area contributed by atoms with E-state index in [1.165, 1.54) is 0 Å². The fraction of sp³-hybridized carbons (Fsp3) is 0.111. The first-order valence-corrected chi connectivity index (χ1v) is 7.18. The Kier molecular flexibility index (Phi) is 3.00. The average Bonchev–Trinajstić information content (AvgIpc) is 2.99. The first-order valence-electron chi connectivity index (χ1n) is 7.18. The molecule has 1 unspecified atom stereocenters. The maximum atomic E-state index is 12.6. The molecule has 1 aliphatic heterocycles. The molecule has 1 aromatic heterocycles. The Morgan fingerprint density at radius 3 is 2.86 bits per heavy atom. The highest BCUT2D eigenvalue weighted by atomic mass is 16.5. The largest absolute Gasteiger partial charge is 0.492 e. The monoisotopic (exact) mass is 290 g/mol. The Bertz CT molecular complexity index is 855. The number of benzene rings is 2. The molecule has 2 heterocycles. The lowest BCUT2D eigenvalue weighted by atomic mass is 10.0. The number of anilines is 1. The number of nitrogens with zero attached hydrogens (tertiary/aromatic N) is 1. The lowest BCUT2D eigenvalue weighted by molar-refractivity contribution is -0.117. The second-order valence-electron chi connectivity index (χ2n) is 5.30. The molecule has 4 nitrogen and oxygen atoms in total. The van der Waals surface area contributed by atoms with Gasteiger partial charge in [-0.3, -0.25) is 9.78 Å². The van der Waals surface area contributed by atoms with Crippen LogP contribution in [0, 0.1) is 0 Å². The van der Waals surface area contributed by atoms with Crippen molar-refractivity contribution in [2.75, 3.05) is 11.9 Å². The zero-order chi connectivity index (χ0) is 14.9. The van der Waals surface area contributed by atoms with Crippen LogP contribution >= 0.6 is 0 Å². The van der Waals surface area contributed by atoms with Crippen LogP contribution in [0.5, 0.6) is 5.75 Å². The van der Waals surface area contributed by atoms with Crippen molar-refractivity contribution in [3.05, 3.63) is 66.5 Å². The van der Waals surface area contributed by atoms with Crippen LogP contribution in [-0.2, 0) is 4.79 Å². The number of fused-ring (bicyclic) bond motifs is 2. The maximum absolute atomic E-state index is 12.6. The van der Waals surface area contributed by atoms with Crippen molar-refractivity contribution in [3.8, 4) is 5.75 Å². The molecule has 0 aliphatic carbocycles. The van der Waals surface area contributed by atoms with Crippen molar-refractivity contribution < 1.29 is 9.53 Å². The molecule has 22 heavy (non-hydrogen) atoms. The van der Waals surface area contributed by atoms with Crippen molar-refractivity contribution >= 4 is 22.4 Å². The van der Waals surface area contributed by atoms with Crippen molar-refractivity contribution in [1.29, 1.82) is 0 Å². The Morgan fingerprint density at radius 1 is 1.09 bits per heavy atom. The van der Waals surface area contributed by atoms with Gasteiger partial charge in [-0.2, -0.15) is 0 Å². The van der Waals surface area contributed by atoms with E-state index in [4.69, 9.17) is 4.74 Å². The molecule has 1 atom stereocenters. The molecule has 4 rings (SSSR count). The maximum Gasteiger partial charge on any atom is 0.235 e. The van der Waals surface area contributed by atoms with E-state index in [0.717, 1.165) is 27.8 Å². The van der Waals surface area contributed by atoms with E-state index >= 15 is 0 Å². The fourth-order valence-corrected chi connectivity index (χ4v) is 2.82. The van der Waals surface area contributed by atoms with E-state index in [1.807, 2.05) is 48.5 Å². The lowest BCUT2D eigenvalue weighted by Gasteiger charge is -2.12. The SMILES string of the molecule is O=C(Nc1cncc2ccccc12)C1COc2ccccc21. The van der Waals surface area contributed by atoms with Crippen molar-refractivity contribution in [2.45, 2.75) is 5.92 Å². The van der Waals surface area contributed by atoms with Crippen LogP contribution in [0.1, 0.15) is 11.5 Å². The summed E-state index contributed by atoms with van der Waals surface area (Å²) in [6.45, 7) is 0.378. The summed E-state index contributed by atoms with van der Waals surface area (Å²) in [5.74, 6) is 0.442. The van der Waals surface area contributed by atoms with E-state index in [1.54, 1.807) is 12.4 Å². The molecule has 0 spiro atoms. The predicted octanol–water partition coefficient (Wildman–Crippen LogP) is 3.35. The molecule has 4 heteroatoms. The summed E-state index contributed by atoms with van der Waals surface area (Å²) < 4.78 is 5.58. The number of ether oxygens (including phenoxy) is 1. The predicted molar refractivity (Wildman–Crippen MR) is 85.1 cm³/mol. The molecule has 2 aromatic carbocycles. The van der Waals surface area contributed by atoms with Gasteiger partial charge in [-0.15, -0.1) is 0 Å². The van der Waals surface area contributed by atoms with Gasteiger partial charge in [-0.1, -0.05) is 42.5 Å². The van der Waals surface area contributed by atoms with Gasteiger partial charge in [0, 0.05) is 22.5 Å². The van der Waals surface area contributed by atoms with Crippen LogP contribution < -0.4 is 10.1 Å². The van der Waals surface area contributed by atoms with E-state index in [2.05, 4.69) is 10.3 Å². The highest BCUT2D eigenvalue weighted by molar-refractivity contribution is 6.04. The molecule has 0 fully saturated rings. The van der Waals surface area contributed by atoms with Gasteiger partial charge in [0.1, 0.15) is 18.3 Å². The number of pyridine rings is 1. The van der Waals surface area contributed by atoms with Gasteiger partial charge >= 0.3 is 0 Å². The Labute approximate surface area is 127 Å². The number of carbonyl (C=O) groups excluding carboxylic acids is 1. The van der Waals surface area contributed by atoms with Gasteiger partial charge < -0.3 is 10.1 Å². The minimum Gasteiger partial charge on any atom is -0.492 e. The standard InChI is InChI=1S/C18H14N2O2/c21-18(15-11-22-17-8-4-3-7-14(15)17)20-16-10-19-9-12-5-1-2-6-13(12)16/h1-10,15H,11H2,(H,20,21). The first kappa shape index (κ1) is 12.8. The van der Waals surface area contributed by atoms with Crippen molar-refractivity contribution in [3.63, 3.8) is 0 Å². The molecule has 1 amide bonds. The molecule has 0 radical (unpaired) electrons. The third-order valence-electron chi connectivity index (χ3n) is 3.94.